The maximum Gasteiger partial charge on any atom is -0.0737 e. The second-order valence-corrected chi connectivity index (χ2v) is 0.0816. The fraction of sp³-hybridized carbons (Fsp3) is 0. The minimum Gasteiger partial charge on any atom is -0.412 e. The van der Waals surface area contributed by atoms with Crippen LogP contribution < -0.4 is 0 Å². The molecule has 28 valence electrons. The minimum atomic E-state index is 0. The second kappa shape index (κ2) is 13.6. The van der Waals surface area contributed by atoms with E-state index in [1.54, 1.807) is 0 Å². The lowest BCUT2D eigenvalue weighted by Crippen LogP contribution is -1.60. The van der Waals surface area contributed by atoms with E-state index in [0.29, 0.717) is 0 Å². The van der Waals surface area contributed by atoms with Gasteiger partial charge in [0.1, 0.15) is 0 Å². The molecule has 0 atom stereocenters. The van der Waals surface area contributed by atoms with Crippen molar-refractivity contribution in [2.75, 3.05) is 0 Å². The molecule has 0 unspecified atom stereocenters. The quantitative estimate of drug-likeness (QED) is 0.286. The van der Waals surface area contributed by atoms with Crippen molar-refractivity contribution in [2.24, 2.45) is 0 Å². The van der Waals surface area contributed by atoms with Crippen LogP contribution in [0.25, 0.3) is 0 Å². The summed E-state index contributed by atoms with van der Waals surface area (Å²) in [6.07, 6.45) is 0. The summed E-state index contributed by atoms with van der Waals surface area (Å²) in [4.78, 5) is 0. The van der Waals surface area contributed by atoms with Crippen LogP contribution in [0.15, 0.2) is 0 Å². The van der Waals surface area contributed by atoms with Gasteiger partial charge >= 0.3 is 0 Å². The molecule has 0 spiro atoms. The molecule has 0 heterocycles. The van der Waals surface area contributed by atoms with E-state index in [9.17, 15) is 0 Å². The minimum absolute atomic E-state index is 0. The van der Waals surface area contributed by atoms with Gasteiger partial charge in [-0.2, -0.15) is 0 Å². The van der Waals surface area contributed by atoms with Crippen molar-refractivity contribution in [3.63, 3.8) is 0 Å². The third kappa shape index (κ3) is 50.7. The van der Waals surface area contributed by atoms with Crippen LogP contribution in [0, 0.1) is 0 Å². The van der Waals surface area contributed by atoms with Gasteiger partial charge in [0.2, 0.25) is 0 Å². The first kappa shape index (κ1) is 9.15. The van der Waals surface area contributed by atoms with Crippen LogP contribution in [0.3, 0.4) is 0 Å². The Balaban J connectivity index is 0. The van der Waals surface area contributed by atoms with Crippen LogP contribution >= 0.6 is 0 Å². The molecular weight excluding hydrogens is 64.0 g/mol. The molecule has 0 saturated carbocycles. The molecule has 0 amide bonds. The highest BCUT2D eigenvalue weighted by molar-refractivity contribution is 2.38. The molecule has 4 N–H and O–H groups in total. The Kier molecular flexibility index (Phi) is 31.2. The van der Waals surface area contributed by atoms with Crippen molar-refractivity contribution >= 4 is 0 Å². The van der Waals surface area contributed by atoms with Gasteiger partial charge in [0.25, 0.3) is 0 Å². The Morgan fingerprint density at radius 3 is 1.25 bits per heavy atom. The summed E-state index contributed by atoms with van der Waals surface area (Å²) in [7, 11) is 0. The fourth-order valence-corrected chi connectivity index (χ4v) is 0. The average molecular weight is 68.0 g/mol. The monoisotopic (exact) mass is 68.0 g/mol. The Morgan fingerprint density at radius 2 is 1.25 bits per heavy atom. The normalized spacial score (nSPS) is 4.50. The number of rotatable bonds is 0. The Hall–Kier alpha value is -0.160. The first-order valence-electron chi connectivity index (χ1n) is 0.365. The highest BCUT2D eigenvalue weighted by Crippen LogP contribution is 1.24. The molecule has 4 nitrogen and oxygen atoms in total. The molecule has 0 rings (SSSR count). The molecule has 0 aliphatic heterocycles. The van der Waals surface area contributed by atoms with E-state index in [1.807, 2.05) is 0 Å². The largest absolute Gasteiger partial charge is 0.412 e. The van der Waals surface area contributed by atoms with Crippen molar-refractivity contribution in [1.82, 2.24) is 0 Å². The number of hydrogen-bond donors (Lipinski definition) is 2. The van der Waals surface area contributed by atoms with Crippen molar-refractivity contribution in [1.29, 1.82) is 0 Å². The molecule has 0 aromatic carbocycles. The lowest BCUT2D eigenvalue weighted by atomic mass is 14.6. The number of hydrogen-bond acceptors (Lipinski definition) is 3. The maximum absolute atomic E-state index is 6.62. The summed E-state index contributed by atoms with van der Waals surface area (Å²) in [6, 6.07) is 0. The van der Waals surface area contributed by atoms with Crippen LogP contribution in [-0.4, -0.2) is 16.0 Å². The molecular formula is H4O4. The van der Waals surface area contributed by atoms with Gasteiger partial charge in [-0.05, 0) is 0 Å². The summed E-state index contributed by atoms with van der Waals surface area (Å²) < 4.78 is 0. The molecule has 0 saturated heterocycles. The van der Waals surface area contributed by atoms with Gasteiger partial charge in [0.15, 0.2) is 0 Å². The predicted molar refractivity (Wildman–Crippen MR) is 9.96 cm³/mol. The van der Waals surface area contributed by atoms with Crippen LogP contribution in [0.2, 0.25) is 0 Å². The van der Waals surface area contributed by atoms with Crippen LogP contribution in [0.1, 0.15) is 0 Å². The first-order valence-corrected chi connectivity index (χ1v) is 0.365. The lowest BCUT2D eigenvalue weighted by Gasteiger charge is -1.56. The highest BCUT2D eigenvalue weighted by Gasteiger charge is 1.27. The Bertz CT molecular complexity index is 0. The molecule has 4 heteroatoms. The van der Waals surface area contributed by atoms with Crippen molar-refractivity contribution in [3.05, 3.63) is 0 Å². The molecule has 4 heavy (non-hydrogen) atoms. The SMILES string of the molecule is O.OOO. The predicted octanol–water partition coefficient (Wildman–Crippen LogP) is -0.876. The summed E-state index contributed by atoms with van der Waals surface area (Å²) in [6.45, 7) is 0. The molecule has 0 aromatic heterocycles. The van der Waals surface area contributed by atoms with E-state index in [0.717, 1.165) is 0 Å². The molecule has 0 radical (unpaired) electrons. The molecule has 0 fully saturated rings. The van der Waals surface area contributed by atoms with Gasteiger partial charge in [-0.3, -0.25) is 0 Å². The Labute approximate surface area is 22.4 Å². The summed E-state index contributed by atoms with van der Waals surface area (Å²) in [5, 5.41) is 15.5. The molecule has 0 bridgehead atoms. The fourth-order valence-electron chi connectivity index (χ4n) is 0. The molecule has 0 aromatic rings. The smallest absolute Gasteiger partial charge is 0.0737 e. The van der Waals surface area contributed by atoms with Crippen LogP contribution in [0.5, 0.6) is 0 Å². The Morgan fingerprint density at radius 1 is 1.25 bits per heavy atom. The summed E-state index contributed by atoms with van der Waals surface area (Å²) >= 11 is 0. The lowest BCUT2D eigenvalue weighted by molar-refractivity contribution is -0.465. The summed E-state index contributed by atoms with van der Waals surface area (Å²) in [5.41, 5.74) is 0. The maximum atomic E-state index is 6.62. The third-order valence-corrected chi connectivity index (χ3v) is 0. The van der Waals surface area contributed by atoms with E-state index < -0.39 is 0 Å². The zero-order valence-electron chi connectivity index (χ0n) is 1.80. The van der Waals surface area contributed by atoms with Gasteiger partial charge in [-0.1, -0.05) is 5.04 Å². The van der Waals surface area contributed by atoms with E-state index >= 15 is 0 Å². The zero-order chi connectivity index (χ0) is 2.71. The highest BCUT2D eigenvalue weighted by atomic mass is 17.4. The van der Waals surface area contributed by atoms with Crippen molar-refractivity contribution < 1.29 is 21.0 Å². The van der Waals surface area contributed by atoms with Crippen molar-refractivity contribution in [2.45, 2.75) is 0 Å². The standard InChI is InChI=1S/H2O3.H2O/c1-3-2;/h1-2H;1H2. The van der Waals surface area contributed by atoms with Gasteiger partial charge in [0.05, 0.1) is 0 Å². The van der Waals surface area contributed by atoms with Crippen molar-refractivity contribution in [3.8, 4) is 0 Å². The van der Waals surface area contributed by atoms with E-state index in [2.05, 4.69) is 5.04 Å². The third-order valence-electron chi connectivity index (χ3n) is 0. The van der Waals surface area contributed by atoms with Gasteiger partial charge in [0, 0.05) is 0 Å². The van der Waals surface area contributed by atoms with E-state index in [4.69, 9.17) is 10.5 Å². The molecule has 0 aliphatic rings. The van der Waals surface area contributed by atoms with Crippen LogP contribution in [-0.2, 0) is 5.04 Å². The summed E-state index contributed by atoms with van der Waals surface area (Å²) in [5.74, 6) is 0. The van der Waals surface area contributed by atoms with Crippen LogP contribution in [0.4, 0.5) is 0 Å². The van der Waals surface area contributed by atoms with Gasteiger partial charge in [-0.25, -0.2) is 10.5 Å². The first-order chi connectivity index (χ1) is 1.41. The second-order valence-electron chi connectivity index (χ2n) is 0.0816. The molecule has 0 aliphatic carbocycles. The van der Waals surface area contributed by atoms with Gasteiger partial charge < -0.3 is 5.48 Å². The zero-order valence-corrected chi connectivity index (χ0v) is 1.80. The van der Waals surface area contributed by atoms with E-state index in [1.165, 1.54) is 0 Å². The van der Waals surface area contributed by atoms with Gasteiger partial charge in [-0.15, -0.1) is 0 Å². The topological polar surface area (TPSA) is 81.2 Å². The average Bonchev–Trinajstić information content (AvgIpc) is 0.918. The van der Waals surface area contributed by atoms with E-state index in [-0.39, 0.29) is 5.48 Å².